The number of benzene rings is 2. The highest BCUT2D eigenvalue weighted by molar-refractivity contribution is 14.0. The monoisotopic (exact) mass is 512 g/mol. The average molecular weight is 513 g/mol. The number of carbonyl (C=O) groups excluding carboxylic acids is 1. The highest BCUT2D eigenvalue weighted by Gasteiger charge is 2.19. The van der Waals surface area contributed by atoms with Crippen LogP contribution in [0.4, 0.5) is 0 Å². The van der Waals surface area contributed by atoms with Crippen molar-refractivity contribution in [2.45, 2.75) is 32.5 Å². The van der Waals surface area contributed by atoms with Crippen LogP contribution in [0.5, 0.6) is 0 Å². The zero-order valence-electron chi connectivity index (χ0n) is 16.0. The fourth-order valence-electron chi connectivity index (χ4n) is 3.16. The Kier molecular flexibility index (Phi) is 9.05. The molecule has 1 saturated heterocycles. The molecule has 3 rings (SSSR count). The molecule has 2 aromatic carbocycles. The lowest BCUT2D eigenvalue weighted by molar-refractivity contribution is -0.128. The lowest BCUT2D eigenvalue weighted by Gasteiger charge is -2.16. The molecule has 2 aromatic rings. The zero-order valence-corrected chi connectivity index (χ0v) is 19.0. The number of hydrogen-bond acceptors (Lipinski definition) is 2. The lowest BCUT2D eigenvalue weighted by atomic mass is 10.1. The molecule has 0 unspecified atom stereocenters. The molecule has 1 amide bonds. The van der Waals surface area contributed by atoms with Gasteiger partial charge in [0.15, 0.2) is 5.96 Å². The SMILES string of the molecule is CN=C(NCc1cccc(CN2CCCC2=O)c1)NCc1ccccc1Cl.I. The minimum atomic E-state index is 0. The number of carbonyl (C=O) groups is 1. The second-order valence-electron chi connectivity index (χ2n) is 6.61. The van der Waals surface area contributed by atoms with E-state index in [9.17, 15) is 4.79 Å². The van der Waals surface area contributed by atoms with Crippen molar-refractivity contribution < 1.29 is 4.79 Å². The molecule has 2 N–H and O–H groups in total. The Bertz CT molecular complexity index is 828. The molecule has 0 bridgehead atoms. The van der Waals surface area contributed by atoms with Gasteiger partial charge in [-0.1, -0.05) is 54.1 Å². The summed E-state index contributed by atoms with van der Waals surface area (Å²) in [6, 6.07) is 16.1. The first-order valence-electron chi connectivity index (χ1n) is 9.19. The molecule has 0 aromatic heterocycles. The maximum absolute atomic E-state index is 11.8. The Morgan fingerprint density at radius 2 is 1.86 bits per heavy atom. The molecule has 28 heavy (non-hydrogen) atoms. The highest BCUT2D eigenvalue weighted by Crippen LogP contribution is 2.16. The maximum atomic E-state index is 11.8. The topological polar surface area (TPSA) is 56.7 Å². The standard InChI is InChI=1S/C21H25ClN4O.HI/c1-23-21(25-14-18-8-2-3-9-19(18)22)24-13-16-6-4-7-17(12-16)15-26-11-5-10-20(26)27;/h2-4,6-9,12H,5,10-11,13-15H2,1H3,(H2,23,24,25);1H. The Morgan fingerprint density at radius 1 is 1.11 bits per heavy atom. The van der Waals surface area contributed by atoms with E-state index < -0.39 is 0 Å². The van der Waals surface area contributed by atoms with E-state index in [2.05, 4.69) is 33.8 Å². The summed E-state index contributed by atoms with van der Waals surface area (Å²) in [5.74, 6) is 0.970. The molecule has 1 fully saturated rings. The summed E-state index contributed by atoms with van der Waals surface area (Å²) in [6.45, 7) is 2.81. The van der Waals surface area contributed by atoms with Crippen molar-refractivity contribution in [3.63, 3.8) is 0 Å². The van der Waals surface area contributed by atoms with Gasteiger partial charge in [-0.25, -0.2) is 0 Å². The normalized spacial score (nSPS) is 14.0. The van der Waals surface area contributed by atoms with Crippen LogP contribution in [0.2, 0.25) is 5.02 Å². The van der Waals surface area contributed by atoms with Crippen molar-refractivity contribution in [3.05, 3.63) is 70.2 Å². The van der Waals surface area contributed by atoms with Crippen LogP contribution in [0.15, 0.2) is 53.5 Å². The summed E-state index contributed by atoms with van der Waals surface area (Å²) in [6.07, 6.45) is 1.64. The first kappa shape index (κ1) is 22.5. The molecule has 0 saturated carbocycles. The van der Waals surface area contributed by atoms with Gasteiger partial charge in [-0.2, -0.15) is 0 Å². The van der Waals surface area contributed by atoms with E-state index in [0.29, 0.717) is 26.1 Å². The number of guanidine groups is 1. The van der Waals surface area contributed by atoms with Crippen molar-refractivity contribution in [1.82, 2.24) is 15.5 Å². The lowest BCUT2D eigenvalue weighted by Crippen LogP contribution is -2.36. The molecule has 150 valence electrons. The third-order valence-corrected chi connectivity index (χ3v) is 4.99. The van der Waals surface area contributed by atoms with Crippen LogP contribution in [0.1, 0.15) is 29.5 Å². The third kappa shape index (κ3) is 6.38. The van der Waals surface area contributed by atoms with E-state index in [1.54, 1.807) is 7.05 Å². The summed E-state index contributed by atoms with van der Waals surface area (Å²) in [5, 5.41) is 7.34. The van der Waals surface area contributed by atoms with Gasteiger partial charge in [0.05, 0.1) is 0 Å². The number of amides is 1. The van der Waals surface area contributed by atoms with Gasteiger partial charge in [0.25, 0.3) is 0 Å². The van der Waals surface area contributed by atoms with E-state index in [1.165, 1.54) is 0 Å². The summed E-state index contributed by atoms with van der Waals surface area (Å²) in [4.78, 5) is 18.0. The van der Waals surface area contributed by atoms with Crippen molar-refractivity contribution >= 4 is 47.4 Å². The predicted molar refractivity (Wildman–Crippen MR) is 125 cm³/mol. The number of halogens is 2. The Morgan fingerprint density at radius 3 is 2.57 bits per heavy atom. The van der Waals surface area contributed by atoms with Crippen LogP contribution in [-0.2, 0) is 24.4 Å². The largest absolute Gasteiger partial charge is 0.352 e. The van der Waals surface area contributed by atoms with Gasteiger partial charge in [0.2, 0.25) is 5.91 Å². The first-order chi connectivity index (χ1) is 13.2. The Labute approximate surface area is 188 Å². The van der Waals surface area contributed by atoms with Gasteiger partial charge in [-0.05, 0) is 29.2 Å². The van der Waals surface area contributed by atoms with Crippen LogP contribution in [0, 0.1) is 0 Å². The third-order valence-electron chi connectivity index (χ3n) is 4.62. The smallest absolute Gasteiger partial charge is 0.222 e. The van der Waals surface area contributed by atoms with Crippen LogP contribution in [-0.4, -0.2) is 30.4 Å². The molecule has 7 heteroatoms. The van der Waals surface area contributed by atoms with Gasteiger partial charge in [-0.3, -0.25) is 9.79 Å². The van der Waals surface area contributed by atoms with Gasteiger partial charge in [0, 0.05) is 44.7 Å². The number of aliphatic imine (C=N–C) groups is 1. The number of likely N-dealkylation sites (tertiary alicyclic amines) is 1. The molecule has 5 nitrogen and oxygen atoms in total. The van der Waals surface area contributed by atoms with Crippen LogP contribution < -0.4 is 10.6 Å². The quantitative estimate of drug-likeness (QED) is 0.350. The molecular formula is C21H26ClIN4O. The van der Waals surface area contributed by atoms with Crippen molar-refractivity contribution in [2.75, 3.05) is 13.6 Å². The first-order valence-corrected chi connectivity index (χ1v) is 9.57. The molecular weight excluding hydrogens is 487 g/mol. The van der Waals surface area contributed by atoms with Crippen LogP contribution in [0.3, 0.4) is 0 Å². The van der Waals surface area contributed by atoms with E-state index in [1.807, 2.05) is 35.2 Å². The van der Waals surface area contributed by atoms with Crippen molar-refractivity contribution in [1.29, 1.82) is 0 Å². The number of rotatable bonds is 6. The summed E-state index contributed by atoms with van der Waals surface area (Å²) < 4.78 is 0. The van der Waals surface area contributed by atoms with Crippen molar-refractivity contribution in [2.24, 2.45) is 4.99 Å². The van der Waals surface area contributed by atoms with Crippen molar-refractivity contribution in [3.8, 4) is 0 Å². The predicted octanol–water partition coefficient (Wildman–Crippen LogP) is 3.95. The van der Waals surface area contributed by atoms with Crippen LogP contribution in [0.25, 0.3) is 0 Å². The molecule has 1 aliphatic heterocycles. The Hall–Kier alpha value is -1.80. The zero-order chi connectivity index (χ0) is 19.1. The average Bonchev–Trinajstić information content (AvgIpc) is 3.08. The maximum Gasteiger partial charge on any atom is 0.222 e. The highest BCUT2D eigenvalue weighted by atomic mass is 127. The second kappa shape index (κ2) is 11.3. The number of nitrogens with zero attached hydrogens (tertiary/aromatic N) is 2. The fraction of sp³-hybridized carbons (Fsp3) is 0.333. The minimum Gasteiger partial charge on any atom is -0.352 e. The molecule has 0 atom stereocenters. The Balaban J connectivity index is 0.00000280. The molecule has 0 radical (unpaired) electrons. The van der Waals surface area contributed by atoms with Gasteiger partial charge < -0.3 is 15.5 Å². The van der Waals surface area contributed by atoms with Gasteiger partial charge in [0.1, 0.15) is 0 Å². The van der Waals surface area contributed by atoms with E-state index >= 15 is 0 Å². The molecule has 1 aliphatic rings. The van der Waals surface area contributed by atoms with Gasteiger partial charge in [-0.15, -0.1) is 24.0 Å². The van der Waals surface area contributed by atoms with E-state index in [4.69, 9.17) is 11.6 Å². The second-order valence-corrected chi connectivity index (χ2v) is 7.02. The van der Waals surface area contributed by atoms with E-state index in [-0.39, 0.29) is 29.9 Å². The summed E-state index contributed by atoms with van der Waals surface area (Å²) in [5.41, 5.74) is 3.34. The number of nitrogens with one attached hydrogen (secondary N) is 2. The fourth-order valence-corrected chi connectivity index (χ4v) is 3.36. The number of hydrogen-bond donors (Lipinski definition) is 2. The summed E-state index contributed by atoms with van der Waals surface area (Å²) in [7, 11) is 1.75. The van der Waals surface area contributed by atoms with Crippen LogP contribution >= 0.6 is 35.6 Å². The molecule has 0 aliphatic carbocycles. The van der Waals surface area contributed by atoms with E-state index in [0.717, 1.165) is 40.6 Å². The minimum absolute atomic E-state index is 0. The molecule has 0 spiro atoms. The summed E-state index contributed by atoms with van der Waals surface area (Å²) >= 11 is 6.19. The van der Waals surface area contributed by atoms with Gasteiger partial charge >= 0.3 is 0 Å². The molecule has 1 heterocycles.